The van der Waals surface area contributed by atoms with Gasteiger partial charge in [-0.1, -0.05) is 23.7 Å². The first-order chi connectivity index (χ1) is 10.3. The molecule has 0 saturated heterocycles. The molecule has 0 radical (unpaired) electrons. The van der Waals surface area contributed by atoms with Gasteiger partial charge in [0.1, 0.15) is 16.4 Å². The highest BCUT2D eigenvalue weighted by Gasteiger charge is 2.22. The fourth-order valence-corrected chi connectivity index (χ4v) is 3.14. The van der Waals surface area contributed by atoms with Crippen molar-refractivity contribution in [3.8, 4) is 11.5 Å². The van der Waals surface area contributed by atoms with Gasteiger partial charge >= 0.3 is 10.1 Å². The predicted octanol–water partition coefficient (Wildman–Crippen LogP) is 3.32. The smallest absolute Gasteiger partial charge is 0.342 e. The van der Waals surface area contributed by atoms with Crippen LogP contribution in [0.15, 0.2) is 47.4 Å². The van der Waals surface area contributed by atoms with Crippen LogP contribution in [-0.2, 0) is 10.1 Å². The molecule has 0 aliphatic heterocycles. The Hall–Kier alpha value is -2.05. The first-order valence-electron chi connectivity index (χ1n) is 6.22. The van der Waals surface area contributed by atoms with Crippen molar-refractivity contribution in [1.29, 1.82) is 0 Å². The lowest BCUT2D eigenvalue weighted by Crippen LogP contribution is -2.11. The monoisotopic (exact) mass is 340 g/mol. The zero-order valence-electron chi connectivity index (χ0n) is 11.9. The minimum Gasteiger partial charge on any atom is -0.495 e. The third kappa shape index (κ3) is 3.58. The van der Waals surface area contributed by atoms with Gasteiger partial charge in [0.25, 0.3) is 0 Å². The van der Waals surface area contributed by atoms with E-state index >= 15 is 0 Å². The van der Waals surface area contributed by atoms with Gasteiger partial charge in [-0.3, -0.25) is 4.79 Å². The number of ether oxygens (including phenoxy) is 1. The normalized spacial score (nSPS) is 11.0. The second kappa shape index (κ2) is 6.37. The Morgan fingerprint density at radius 3 is 2.50 bits per heavy atom. The molecule has 7 heteroatoms. The predicted molar refractivity (Wildman–Crippen MR) is 82.3 cm³/mol. The number of benzene rings is 2. The van der Waals surface area contributed by atoms with Gasteiger partial charge in [-0.2, -0.15) is 8.42 Å². The van der Waals surface area contributed by atoms with Crippen molar-refractivity contribution >= 4 is 27.5 Å². The number of rotatable bonds is 5. The number of methoxy groups -OCH3 is 1. The highest BCUT2D eigenvalue weighted by Crippen LogP contribution is 2.29. The van der Waals surface area contributed by atoms with Crippen LogP contribution in [0.25, 0.3) is 0 Å². The molecule has 0 aliphatic rings. The minimum absolute atomic E-state index is 0.0368. The van der Waals surface area contributed by atoms with Crippen LogP contribution in [0.3, 0.4) is 0 Å². The fraction of sp³-hybridized carbons (Fsp3) is 0.133. The first-order valence-corrected chi connectivity index (χ1v) is 8.01. The molecule has 22 heavy (non-hydrogen) atoms. The van der Waals surface area contributed by atoms with E-state index in [0.717, 1.165) is 0 Å². The van der Waals surface area contributed by atoms with E-state index in [-0.39, 0.29) is 27.2 Å². The lowest BCUT2D eigenvalue weighted by Gasteiger charge is -2.11. The summed E-state index contributed by atoms with van der Waals surface area (Å²) in [4.78, 5) is 11.2. The van der Waals surface area contributed by atoms with Gasteiger partial charge < -0.3 is 8.92 Å². The van der Waals surface area contributed by atoms with E-state index in [9.17, 15) is 13.2 Å². The summed E-state index contributed by atoms with van der Waals surface area (Å²) >= 11 is 5.83. The lowest BCUT2D eigenvalue weighted by molar-refractivity contribution is 0.101. The summed E-state index contributed by atoms with van der Waals surface area (Å²) in [7, 11) is -2.80. The first kappa shape index (κ1) is 16.3. The molecule has 5 nitrogen and oxygen atoms in total. The van der Waals surface area contributed by atoms with Crippen molar-refractivity contribution in [2.24, 2.45) is 0 Å². The van der Waals surface area contributed by atoms with Gasteiger partial charge in [0.15, 0.2) is 5.78 Å². The topological polar surface area (TPSA) is 69.7 Å². The number of halogens is 1. The maximum atomic E-state index is 12.4. The van der Waals surface area contributed by atoms with E-state index < -0.39 is 10.1 Å². The number of carbonyl (C=O) groups excluding carboxylic acids is 1. The second-order valence-electron chi connectivity index (χ2n) is 4.42. The Morgan fingerprint density at radius 1 is 1.14 bits per heavy atom. The van der Waals surface area contributed by atoms with Crippen molar-refractivity contribution in [2.75, 3.05) is 7.11 Å². The number of carbonyl (C=O) groups is 1. The molecular formula is C15H13ClO5S. The van der Waals surface area contributed by atoms with E-state index in [0.29, 0.717) is 5.56 Å². The standard InChI is InChI=1S/C15H13ClO5S/c1-10(17)11-4-3-5-13(8-11)21-22(18,19)15-9-12(16)6-7-14(15)20-2/h3-9H,1-2H3. The Bertz CT molecular complexity index is 814. The fourth-order valence-electron chi connectivity index (χ4n) is 1.78. The molecule has 0 saturated carbocycles. The molecule has 0 atom stereocenters. The summed E-state index contributed by atoms with van der Waals surface area (Å²) in [6, 6.07) is 10.1. The average molecular weight is 341 g/mol. The van der Waals surface area contributed by atoms with Crippen molar-refractivity contribution in [1.82, 2.24) is 0 Å². The van der Waals surface area contributed by atoms with Crippen LogP contribution in [0.5, 0.6) is 11.5 Å². The van der Waals surface area contributed by atoms with Gasteiger partial charge in [-0.25, -0.2) is 0 Å². The van der Waals surface area contributed by atoms with Crippen LogP contribution in [0.2, 0.25) is 5.02 Å². The highest BCUT2D eigenvalue weighted by atomic mass is 35.5. The van der Waals surface area contributed by atoms with Crippen LogP contribution >= 0.6 is 11.6 Å². The summed E-state index contributed by atoms with van der Waals surface area (Å²) in [5.74, 6) is -0.0370. The van der Waals surface area contributed by atoms with Crippen LogP contribution in [-0.4, -0.2) is 21.3 Å². The zero-order chi connectivity index (χ0) is 16.3. The van der Waals surface area contributed by atoms with Crippen molar-refractivity contribution in [3.05, 3.63) is 53.1 Å². The molecule has 0 N–H and O–H groups in total. The van der Waals surface area contributed by atoms with Crippen LogP contribution in [0.1, 0.15) is 17.3 Å². The largest absolute Gasteiger partial charge is 0.495 e. The van der Waals surface area contributed by atoms with Crippen LogP contribution in [0.4, 0.5) is 0 Å². The Balaban J connectivity index is 2.42. The SMILES string of the molecule is COc1ccc(Cl)cc1S(=O)(=O)Oc1cccc(C(C)=O)c1. The molecule has 0 spiro atoms. The lowest BCUT2D eigenvalue weighted by atomic mass is 10.1. The van der Waals surface area contributed by atoms with E-state index in [1.807, 2.05) is 0 Å². The molecule has 0 unspecified atom stereocenters. The van der Waals surface area contributed by atoms with E-state index in [1.165, 1.54) is 50.4 Å². The average Bonchev–Trinajstić information content (AvgIpc) is 2.47. The maximum absolute atomic E-state index is 12.4. The number of hydrogen-bond donors (Lipinski definition) is 0. The Kier molecular flexibility index (Phi) is 4.73. The van der Waals surface area contributed by atoms with Crippen molar-refractivity contribution < 1.29 is 22.1 Å². The quantitative estimate of drug-likeness (QED) is 0.617. The van der Waals surface area contributed by atoms with E-state index in [1.54, 1.807) is 6.07 Å². The molecule has 0 aromatic heterocycles. The van der Waals surface area contributed by atoms with Crippen LogP contribution in [0, 0.1) is 0 Å². The van der Waals surface area contributed by atoms with Crippen molar-refractivity contribution in [2.45, 2.75) is 11.8 Å². The van der Waals surface area contributed by atoms with E-state index in [4.69, 9.17) is 20.5 Å². The summed E-state index contributed by atoms with van der Waals surface area (Å²) < 4.78 is 34.8. The molecule has 0 heterocycles. The second-order valence-corrected chi connectivity index (χ2v) is 6.37. The highest BCUT2D eigenvalue weighted by molar-refractivity contribution is 7.87. The molecule has 0 bridgehead atoms. The van der Waals surface area contributed by atoms with Crippen molar-refractivity contribution in [3.63, 3.8) is 0 Å². The maximum Gasteiger partial charge on any atom is 0.342 e. The third-order valence-electron chi connectivity index (χ3n) is 2.84. The summed E-state index contributed by atoms with van der Waals surface area (Å²) in [6.07, 6.45) is 0. The Labute approximate surface area is 133 Å². The van der Waals surface area contributed by atoms with Gasteiger partial charge in [-0.15, -0.1) is 0 Å². The number of hydrogen-bond acceptors (Lipinski definition) is 5. The van der Waals surface area contributed by atoms with Crippen LogP contribution < -0.4 is 8.92 Å². The van der Waals surface area contributed by atoms with E-state index in [2.05, 4.69) is 0 Å². The summed E-state index contributed by atoms with van der Waals surface area (Å²) in [5.41, 5.74) is 0.353. The molecule has 0 amide bonds. The third-order valence-corrected chi connectivity index (χ3v) is 4.35. The number of Topliss-reactive ketones (excluding diaryl/α,β-unsaturated/α-hetero) is 1. The van der Waals surface area contributed by atoms with Gasteiger partial charge in [0.2, 0.25) is 0 Å². The molecule has 0 aliphatic carbocycles. The molecule has 2 aromatic carbocycles. The summed E-state index contributed by atoms with van der Waals surface area (Å²) in [6.45, 7) is 1.38. The summed E-state index contributed by atoms with van der Waals surface area (Å²) in [5, 5.41) is 0.237. The molecule has 0 fully saturated rings. The zero-order valence-corrected chi connectivity index (χ0v) is 13.4. The molecule has 2 rings (SSSR count). The van der Waals surface area contributed by atoms with Gasteiger partial charge in [0.05, 0.1) is 7.11 Å². The molecular weight excluding hydrogens is 328 g/mol. The molecule has 116 valence electrons. The Morgan fingerprint density at radius 2 is 1.86 bits per heavy atom. The molecule has 2 aromatic rings. The number of ketones is 1. The minimum atomic E-state index is -4.14. The van der Waals surface area contributed by atoms with Gasteiger partial charge in [-0.05, 0) is 37.3 Å². The van der Waals surface area contributed by atoms with Gasteiger partial charge in [0, 0.05) is 10.6 Å².